The minimum absolute atomic E-state index is 0.0394. The molecule has 0 aromatic heterocycles. The third kappa shape index (κ3) is 2.09. The number of hydrogen-bond acceptors (Lipinski definition) is 3. The van der Waals surface area contributed by atoms with Crippen molar-refractivity contribution in [2.75, 3.05) is 33.4 Å². The van der Waals surface area contributed by atoms with Gasteiger partial charge >= 0.3 is 6.03 Å². The molecule has 3 N–H and O–H groups in total. The second-order valence-corrected chi connectivity index (χ2v) is 2.82. The van der Waals surface area contributed by atoms with Crippen LogP contribution in [0.5, 0.6) is 0 Å². The Morgan fingerprint density at radius 3 is 3.08 bits per heavy atom. The van der Waals surface area contributed by atoms with Gasteiger partial charge in [0.25, 0.3) is 0 Å². The zero-order valence-corrected chi connectivity index (χ0v) is 7.25. The standard InChI is InChI=1S/C7H15N3O2/c1-12-3-2-10-5-6(4-8)9-7(10)11/h6H,2-5,8H2,1H3,(H,9,11). The quantitative estimate of drug-likeness (QED) is 0.572. The van der Waals surface area contributed by atoms with Crippen molar-refractivity contribution in [3.05, 3.63) is 0 Å². The second-order valence-electron chi connectivity index (χ2n) is 2.82. The van der Waals surface area contributed by atoms with Crippen molar-refractivity contribution in [2.45, 2.75) is 6.04 Å². The van der Waals surface area contributed by atoms with E-state index in [0.29, 0.717) is 26.2 Å². The average molecular weight is 173 g/mol. The van der Waals surface area contributed by atoms with E-state index in [1.807, 2.05) is 0 Å². The number of nitrogens with two attached hydrogens (primary N) is 1. The van der Waals surface area contributed by atoms with Crippen molar-refractivity contribution in [1.82, 2.24) is 10.2 Å². The number of amides is 2. The van der Waals surface area contributed by atoms with Gasteiger partial charge in [-0.1, -0.05) is 0 Å². The number of rotatable bonds is 4. The summed E-state index contributed by atoms with van der Waals surface area (Å²) in [5, 5.41) is 2.77. The number of carbonyl (C=O) groups excluding carboxylic acids is 1. The highest BCUT2D eigenvalue weighted by atomic mass is 16.5. The first-order valence-electron chi connectivity index (χ1n) is 4.02. The lowest BCUT2D eigenvalue weighted by molar-refractivity contribution is 0.161. The molecule has 1 aliphatic heterocycles. The Morgan fingerprint density at radius 1 is 1.83 bits per heavy atom. The molecule has 2 amide bonds. The molecular formula is C7H15N3O2. The van der Waals surface area contributed by atoms with Crippen LogP contribution < -0.4 is 11.1 Å². The summed E-state index contributed by atoms with van der Waals surface area (Å²) >= 11 is 0. The summed E-state index contributed by atoms with van der Waals surface area (Å²) in [6, 6.07) is 0.0665. The Kier molecular flexibility index (Phi) is 3.31. The van der Waals surface area contributed by atoms with Gasteiger partial charge in [-0.15, -0.1) is 0 Å². The molecule has 0 aliphatic carbocycles. The molecular weight excluding hydrogens is 158 g/mol. The van der Waals surface area contributed by atoms with Crippen LogP contribution in [0.3, 0.4) is 0 Å². The predicted octanol–water partition coefficient (Wildman–Crippen LogP) is -1.01. The Hall–Kier alpha value is -0.810. The van der Waals surface area contributed by atoms with E-state index in [9.17, 15) is 4.79 Å². The molecule has 1 unspecified atom stereocenters. The molecule has 0 spiro atoms. The zero-order chi connectivity index (χ0) is 8.97. The predicted molar refractivity (Wildman–Crippen MR) is 44.8 cm³/mol. The lowest BCUT2D eigenvalue weighted by Crippen LogP contribution is -2.33. The topological polar surface area (TPSA) is 67.6 Å². The number of carbonyl (C=O) groups is 1. The van der Waals surface area contributed by atoms with E-state index in [4.69, 9.17) is 10.5 Å². The smallest absolute Gasteiger partial charge is 0.317 e. The Bertz CT molecular complexity index is 163. The summed E-state index contributed by atoms with van der Waals surface area (Å²) in [6.45, 7) is 2.40. The molecule has 1 heterocycles. The van der Waals surface area contributed by atoms with Crippen molar-refractivity contribution in [3.8, 4) is 0 Å². The van der Waals surface area contributed by atoms with Crippen molar-refractivity contribution < 1.29 is 9.53 Å². The van der Waals surface area contributed by atoms with E-state index in [2.05, 4.69) is 5.32 Å². The lowest BCUT2D eigenvalue weighted by atomic mass is 10.3. The third-order valence-corrected chi connectivity index (χ3v) is 1.91. The monoisotopic (exact) mass is 173 g/mol. The van der Waals surface area contributed by atoms with Gasteiger partial charge in [-0.3, -0.25) is 0 Å². The van der Waals surface area contributed by atoms with Crippen molar-refractivity contribution in [1.29, 1.82) is 0 Å². The molecule has 70 valence electrons. The van der Waals surface area contributed by atoms with Gasteiger partial charge in [-0.05, 0) is 0 Å². The van der Waals surface area contributed by atoms with Crippen LogP contribution in [0.2, 0.25) is 0 Å². The first-order chi connectivity index (χ1) is 5.77. The van der Waals surface area contributed by atoms with E-state index in [-0.39, 0.29) is 12.1 Å². The van der Waals surface area contributed by atoms with Crippen LogP contribution in [0.15, 0.2) is 0 Å². The molecule has 5 heteroatoms. The number of nitrogens with zero attached hydrogens (tertiary/aromatic N) is 1. The van der Waals surface area contributed by atoms with E-state index in [1.54, 1.807) is 12.0 Å². The molecule has 0 saturated carbocycles. The van der Waals surface area contributed by atoms with Crippen molar-refractivity contribution in [2.24, 2.45) is 5.73 Å². The number of methoxy groups -OCH3 is 1. The fraction of sp³-hybridized carbons (Fsp3) is 0.857. The number of ether oxygens (including phenoxy) is 1. The van der Waals surface area contributed by atoms with Gasteiger partial charge in [0.05, 0.1) is 12.6 Å². The summed E-state index contributed by atoms with van der Waals surface area (Å²) < 4.78 is 4.87. The lowest BCUT2D eigenvalue weighted by Gasteiger charge is -2.12. The summed E-state index contributed by atoms with van der Waals surface area (Å²) in [4.78, 5) is 12.9. The van der Waals surface area contributed by atoms with Gasteiger partial charge < -0.3 is 20.7 Å². The SMILES string of the molecule is COCCN1CC(CN)NC1=O. The molecule has 1 aliphatic rings. The molecule has 0 bridgehead atoms. The van der Waals surface area contributed by atoms with Crippen LogP contribution in [0, 0.1) is 0 Å². The highest BCUT2D eigenvalue weighted by Gasteiger charge is 2.26. The highest BCUT2D eigenvalue weighted by Crippen LogP contribution is 2.01. The molecule has 1 saturated heterocycles. The van der Waals surface area contributed by atoms with Gasteiger partial charge in [0.1, 0.15) is 0 Å². The van der Waals surface area contributed by atoms with Gasteiger partial charge in [0.15, 0.2) is 0 Å². The largest absolute Gasteiger partial charge is 0.383 e. The molecule has 0 aromatic rings. The fourth-order valence-corrected chi connectivity index (χ4v) is 1.19. The summed E-state index contributed by atoms with van der Waals surface area (Å²) in [5.41, 5.74) is 5.41. The van der Waals surface area contributed by atoms with Gasteiger partial charge in [-0.2, -0.15) is 0 Å². The maximum absolute atomic E-state index is 11.2. The van der Waals surface area contributed by atoms with E-state index < -0.39 is 0 Å². The molecule has 12 heavy (non-hydrogen) atoms. The van der Waals surface area contributed by atoms with E-state index in [0.717, 1.165) is 0 Å². The summed E-state index contributed by atoms with van der Waals surface area (Å²) in [7, 11) is 1.62. The van der Waals surface area contributed by atoms with Gasteiger partial charge in [0, 0.05) is 26.7 Å². The zero-order valence-electron chi connectivity index (χ0n) is 7.25. The second kappa shape index (κ2) is 4.27. The molecule has 0 aromatic carbocycles. The molecule has 0 radical (unpaired) electrons. The van der Waals surface area contributed by atoms with Crippen molar-refractivity contribution in [3.63, 3.8) is 0 Å². The minimum atomic E-state index is -0.0394. The van der Waals surface area contributed by atoms with Crippen LogP contribution >= 0.6 is 0 Å². The van der Waals surface area contributed by atoms with Crippen LogP contribution in [0.4, 0.5) is 4.79 Å². The van der Waals surface area contributed by atoms with Gasteiger partial charge in [-0.25, -0.2) is 4.79 Å². The summed E-state index contributed by atoms with van der Waals surface area (Å²) in [5.74, 6) is 0. The first kappa shape index (κ1) is 9.28. The maximum Gasteiger partial charge on any atom is 0.317 e. The van der Waals surface area contributed by atoms with Gasteiger partial charge in [0.2, 0.25) is 0 Å². The van der Waals surface area contributed by atoms with E-state index in [1.165, 1.54) is 0 Å². The third-order valence-electron chi connectivity index (χ3n) is 1.91. The number of urea groups is 1. The number of nitrogens with one attached hydrogen (secondary N) is 1. The van der Waals surface area contributed by atoms with Crippen LogP contribution in [-0.4, -0.2) is 50.3 Å². The maximum atomic E-state index is 11.2. The van der Waals surface area contributed by atoms with Crippen LogP contribution in [-0.2, 0) is 4.74 Å². The average Bonchev–Trinajstić information content (AvgIpc) is 2.43. The number of hydrogen-bond donors (Lipinski definition) is 2. The van der Waals surface area contributed by atoms with Crippen LogP contribution in [0.25, 0.3) is 0 Å². The molecule has 5 nitrogen and oxygen atoms in total. The summed E-state index contributed by atoms with van der Waals surface area (Å²) in [6.07, 6.45) is 0. The highest BCUT2D eigenvalue weighted by molar-refractivity contribution is 5.76. The first-order valence-corrected chi connectivity index (χ1v) is 4.02. The molecule has 1 rings (SSSR count). The molecule has 1 atom stereocenters. The minimum Gasteiger partial charge on any atom is -0.383 e. The van der Waals surface area contributed by atoms with Crippen LogP contribution in [0.1, 0.15) is 0 Å². The normalized spacial score (nSPS) is 23.0. The van der Waals surface area contributed by atoms with E-state index >= 15 is 0 Å². The Labute approximate surface area is 71.8 Å². The fourth-order valence-electron chi connectivity index (χ4n) is 1.19. The Balaban J connectivity index is 2.31. The Morgan fingerprint density at radius 2 is 2.58 bits per heavy atom. The van der Waals surface area contributed by atoms with Crippen molar-refractivity contribution >= 4 is 6.03 Å². The molecule has 1 fully saturated rings.